The van der Waals surface area contributed by atoms with Gasteiger partial charge in [0.15, 0.2) is 0 Å². The molecule has 0 aliphatic carbocycles. The van der Waals surface area contributed by atoms with E-state index in [2.05, 4.69) is 24.0 Å². The first kappa shape index (κ1) is 14.0. The maximum absolute atomic E-state index is 9.36. The van der Waals surface area contributed by atoms with Gasteiger partial charge in [0, 0.05) is 24.7 Å². The summed E-state index contributed by atoms with van der Waals surface area (Å²) >= 11 is 0. The quantitative estimate of drug-likeness (QED) is 0.939. The Morgan fingerprint density at radius 2 is 1.90 bits per heavy atom. The van der Waals surface area contributed by atoms with Crippen LogP contribution in [-0.4, -0.2) is 29.2 Å². The molecule has 3 nitrogen and oxygen atoms in total. The van der Waals surface area contributed by atoms with Crippen LogP contribution in [0.15, 0.2) is 48.5 Å². The van der Waals surface area contributed by atoms with E-state index in [4.69, 9.17) is 4.74 Å². The van der Waals surface area contributed by atoms with Crippen molar-refractivity contribution in [2.75, 3.05) is 13.2 Å². The number of rotatable bonds is 3. The maximum Gasteiger partial charge on any atom is 0.123 e. The van der Waals surface area contributed by atoms with Crippen LogP contribution in [0.4, 0.5) is 0 Å². The number of hydrogen-bond acceptors (Lipinski definition) is 3. The van der Waals surface area contributed by atoms with Crippen LogP contribution in [0.25, 0.3) is 0 Å². The van der Waals surface area contributed by atoms with E-state index in [-0.39, 0.29) is 0 Å². The van der Waals surface area contributed by atoms with Crippen LogP contribution in [0.2, 0.25) is 0 Å². The molecule has 0 spiro atoms. The van der Waals surface area contributed by atoms with Crippen molar-refractivity contribution >= 4 is 0 Å². The summed E-state index contributed by atoms with van der Waals surface area (Å²) in [4.78, 5) is 2.46. The Bertz CT molecular complexity index is 594. The molecule has 0 radical (unpaired) electrons. The molecule has 21 heavy (non-hydrogen) atoms. The van der Waals surface area contributed by atoms with Gasteiger partial charge in [0.2, 0.25) is 0 Å². The number of fused-ring (bicyclic) bond motifs is 1. The van der Waals surface area contributed by atoms with E-state index in [9.17, 15) is 5.11 Å². The topological polar surface area (TPSA) is 32.7 Å². The molecule has 0 saturated carbocycles. The molecule has 0 amide bonds. The molecular weight excluding hydrogens is 262 g/mol. The Morgan fingerprint density at radius 1 is 1.14 bits per heavy atom. The summed E-state index contributed by atoms with van der Waals surface area (Å²) < 4.78 is 5.82. The highest BCUT2D eigenvalue weighted by atomic mass is 16.5. The molecule has 0 fully saturated rings. The fraction of sp³-hybridized carbons (Fsp3) is 0.333. The van der Waals surface area contributed by atoms with Crippen LogP contribution in [0.3, 0.4) is 0 Å². The minimum atomic E-state index is 0.323. The van der Waals surface area contributed by atoms with E-state index in [1.165, 1.54) is 11.1 Å². The molecule has 1 heterocycles. The zero-order valence-electron chi connectivity index (χ0n) is 12.3. The lowest BCUT2D eigenvalue weighted by molar-refractivity contribution is 0.178. The third kappa shape index (κ3) is 3.37. The second kappa shape index (κ2) is 6.19. The average Bonchev–Trinajstić information content (AvgIpc) is 2.72. The van der Waals surface area contributed by atoms with Crippen molar-refractivity contribution in [2.24, 2.45) is 0 Å². The lowest BCUT2D eigenvalue weighted by Gasteiger charge is -2.27. The van der Waals surface area contributed by atoms with Crippen LogP contribution < -0.4 is 4.74 Å². The SMILES string of the molecule is CC(Cc1ccc(O)cc1)N1CCOc2ccccc2C1. The van der Waals surface area contributed by atoms with Crippen LogP contribution >= 0.6 is 0 Å². The number of ether oxygens (including phenoxy) is 1. The summed E-state index contributed by atoms with van der Waals surface area (Å²) in [5.41, 5.74) is 2.51. The third-order valence-corrected chi connectivity index (χ3v) is 4.07. The summed E-state index contributed by atoms with van der Waals surface area (Å²) in [5, 5.41) is 9.36. The maximum atomic E-state index is 9.36. The Labute approximate surface area is 125 Å². The van der Waals surface area contributed by atoms with Gasteiger partial charge in [-0.3, -0.25) is 4.90 Å². The Hall–Kier alpha value is -2.00. The van der Waals surface area contributed by atoms with Gasteiger partial charge < -0.3 is 9.84 Å². The molecule has 0 saturated heterocycles. The highest BCUT2D eigenvalue weighted by Gasteiger charge is 2.19. The van der Waals surface area contributed by atoms with Crippen molar-refractivity contribution < 1.29 is 9.84 Å². The molecule has 1 unspecified atom stereocenters. The molecule has 1 N–H and O–H groups in total. The van der Waals surface area contributed by atoms with Crippen molar-refractivity contribution in [1.29, 1.82) is 0 Å². The van der Waals surface area contributed by atoms with E-state index in [1.807, 2.05) is 24.3 Å². The van der Waals surface area contributed by atoms with Gasteiger partial charge in [-0.2, -0.15) is 0 Å². The summed E-state index contributed by atoms with van der Waals surface area (Å²) in [5.74, 6) is 1.33. The summed E-state index contributed by atoms with van der Waals surface area (Å²) in [6, 6.07) is 16.2. The Kier molecular flexibility index (Phi) is 4.11. The predicted molar refractivity (Wildman–Crippen MR) is 83.6 cm³/mol. The Morgan fingerprint density at radius 3 is 2.71 bits per heavy atom. The van der Waals surface area contributed by atoms with Gasteiger partial charge in [-0.15, -0.1) is 0 Å². The van der Waals surface area contributed by atoms with Crippen LogP contribution in [0.5, 0.6) is 11.5 Å². The first-order valence-electron chi connectivity index (χ1n) is 7.45. The van der Waals surface area contributed by atoms with Crippen LogP contribution in [-0.2, 0) is 13.0 Å². The van der Waals surface area contributed by atoms with Gasteiger partial charge >= 0.3 is 0 Å². The first-order chi connectivity index (χ1) is 10.2. The normalized spacial score (nSPS) is 16.6. The predicted octanol–water partition coefficient (Wildman–Crippen LogP) is 3.22. The van der Waals surface area contributed by atoms with Crippen LogP contribution in [0.1, 0.15) is 18.1 Å². The highest BCUT2D eigenvalue weighted by molar-refractivity contribution is 5.34. The number of phenols is 1. The first-order valence-corrected chi connectivity index (χ1v) is 7.45. The number of aromatic hydroxyl groups is 1. The van der Waals surface area contributed by atoms with Gasteiger partial charge in [-0.1, -0.05) is 30.3 Å². The molecule has 1 atom stereocenters. The van der Waals surface area contributed by atoms with Gasteiger partial charge in [-0.05, 0) is 37.1 Å². The van der Waals surface area contributed by atoms with Gasteiger partial charge in [-0.25, -0.2) is 0 Å². The van der Waals surface area contributed by atoms with Gasteiger partial charge in [0.05, 0.1) is 0 Å². The highest BCUT2D eigenvalue weighted by Crippen LogP contribution is 2.24. The van der Waals surface area contributed by atoms with Crippen molar-refractivity contribution in [2.45, 2.75) is 25.9 Å². The molecule has 3 rings (SSSR count). The Balaban J connectivity index is 1.70. The van der Waals surface area contributed by atoms with Gasteiger partial charge in [0.1, 0.15) is 18.1 Å². The second-order valence-electron chi connectivity index (χ2n) is 5.65. The number of hydrogen-bond donors (Lipinski definition) is 1. The summed E-state index contributed by atoms with van der Waals surface area (Å²) in [6.07, 6.45) is 0.975. The van der Waals surface area contributed by atoms with Crippen molar-refractivity contribution in [3.8, 4) is 11.5 Å². The van der Waals surface area contributed by atoms with Crippen molar-refractivity contribution in [3.63, 3.8) is 0 Å². The molecule has 110 valence electrons. The standard InChI is InChI=1S/C18H21NO2/c1-14(12-15-6-8-17(20)9-7-15)19-10-11-21-18-5-3-2-4-16(18)13-19/h2-9,14,20H,10-13H2,1H3. The zero-order valence-corrected chi connectivity index (χ0v) is 12.3. The molecule has 0 bridgehead atoms. The lowest BCUT2D eigenvalue weighted by Crippen LogP contribution is -2.35. The van der Waals surface area contributed by atoms with E-state index in [1.54, 1.807) is 12.1 Å². The van der Waals surface area contributed by atoms with E-state index in [0.29, 0.717) is 11.8 Å². The number of para-hydroxylation sites is 1. The largest absolute Gasteiger partial charge is 0.508 e. The fourth-order valence-electron chi connectivity index (χ4n) is 2.82. The lowest BCUT2D eigenvalue weighted by atomic mass is 10.0. The monoisotopic (exact) mass is 283 g/mol. The summed E-state index contributed by atoms with van der Waals surface area (Å²) in [6.45, 7) is 4.85. The molecule has 3 heteroatoms. The van der Waals surface area contributed by atoms with Crippen LogP contribution in [0, 0.1) is 0 Å². The van der Waals surface area contributed by atoms with E-state index in [0.717, 1.165) is 31.9 Å². The number of nitrogens with zero attached hydrogens (tertiary/aromatic N) is 1. The molecular formula is C18H21NO2. The van der Waals surface area contributed by atoms with Gasteiger partial charge in [0.25, 0.3) is 0 Å². The summed E-state index contributed by atoms with van der Waals surface area (Å²) in [7, 11) is 0. The van der Waals surface area contributed by atoms with E-state index >= 15 is 0 Å². The minimum absolute atomic E-state index is 0.323. The fourth-order valence-corrected chi connectivity index (χ4v) is 2.82. The third-order valence-electron chi connectivity index (χ3n) is 4.07. The van der Waals surface area contributed by atoms with Crippen molar-refractivity contribution in [1.82, 2.24) is 4.90 Å². The second-order valence-corrected chi connectivity index (χ2v) is 5.65. The molecule has 0 aromatic heterocycles. The number of benzene rings is 2. The molecule has 1 aliphatic rings. The van der Waals surface area contributed by atoms with E-state index < -0.39 is 0 Å². The molecule has 1 aliphatic heterocycles. The molecule has 2 aromatic rings. The number of phenolic OH excluding ortho intramolecular Hbond substituents is 1. The molecule has 2 aromatic carbocycles. The smallest absolute Gasteiger partial charge is 0.123 e. The average molecular weight is 283 g/mol. The van der Waals surface area contributed by atoms with Crippen molar-refractivity contribution in [3.05, 3.63) is 59.7 Å². The minimum Gasteiger partial charge on any atom is -0.508 e. The zero-order chi connectivity index (χ0) is 14.7.